The number of aryl methyl sites for hydroxylation is 1. The van der Waals surface area contributed by atoms with Crippen molar-refractivity contribution in [1.29, 1.82) is 0 Å². The molecule has 7 nitrogen and oxygen atoms in total. The third kappa shape index (κ3) is 4.45. The van der Waals surface area contributed by atoms with Crippen molar-refractivity contribution in [1.82, 2.24) is 14.2 Å². The number of sulfonamides is 1. The zero-order chi connectivity index (χ0) is 23.3. The van der Waals surface area contributed by atoms with E-state index in [1.54, 1.807) is 11.0 Å². The molecule has 2 aliphatic heterocycles. The molecule has 0 aromatic carbocycles. The van der Waals surface area contributed by atoms with Gasteiger partial charge in [-0.05, 0) is 55.4 Å². The Bertz CT molecular complexity index is 1110. The lowest BCUT2D eigenvalue weighted by atomic mass is 9.95. The molecule has 33 heavy (non-hydrogen) atoms. The molecule has 3 fully saturated rings. The second-order valence-electron chi connectivity index (χ2n) is 9.97. The number of hydrogen-bond donors (Lipinski definition) is 1. The number of pyridine rings is 1. The van der Waals surface area contributed by atoms with Gasteiger partial charge in [0.05, 0.1) is 30.5 Å². The van der Waals surface area contributed by atoms with E-state index in [-0.39, 0.29) is 17.6 Å². The number of piperazine rings is 1. The van der Waals surface area contributed by atoms with Gasteiger partial charge in [-0.2, -0.15) is 0 Å². The lowest BCUT2D eigenvalue weighted by Gasteiger charge is -2.34. The predicted molar refractivity (Wildman–Crippen MR) is 123 cm³/mol. The summed E-state index contributed by atoms with van der Waals surface area (Å²) in [5.74, 6) is 0.650. The van der Waals surface area contributed by atoms with E-state index < -0.39 is 22.1 Å². The third-order valence-electron chi connectivity index (χ3n) is 7.19. The minimum absolute atomic E-state index is 0.00329. The predicted octanol–water partition coefficient (Wildman–Crippen LogP) is 1.32. The van der Waals surface area contributed by atoms with Crippen molar-refractivity contribution in [2.75, 3.05) is 38.5 Å². The van der Waals surface area contributed by atoms with Crippen LogP contribution in [0.1, 0.15) is 36.8 Å². The van der Waals surface area contributed by atoms with Gasteiger partial charge in [0.15, 0.2) is 0 Å². The number of nitrogens with one attached hydrogen (secondary N) is 1. The van der Waals surface area contributed by atoms with E-state index in [1.165, 1.54) is 45.3 Å². The van der Waals surface area contributed by atoms with E-state index in [9.17, 15) is 17.6 Å². The van der Waals surface area contributed by atoms with E-state index in [4.69, 9.17) is 4.98 Å². The zero-order valence-electron chi connectivity index (χ0n) is 19.2. The molecule has 1 N–H and O–H groups in total. The highest BCUT2D eigenvalue weighted by Gasteiger charge is 2.39. The molecule has 178 valence electrons. The van der Waals surface area contributed by atoms with Gasteiger partial charge in [0, 0.05) is 18.3 Å². The van der Waals surface area contributed by atoms with Crippen LogP contribution in [0.2, 0.25) is 0 Å². The molecule has 4 aliphatic rings. The SMILES string of the molecule is Cc1cc(C2CC2)cnc1[NH+]1CCN(C(=O)C2C=CC(N3CC(C)CS3(=O)=O)=CC2F)CC1. The van der Waals surface area contributed by atoms with Crippen molar-refractivity contribution < 1.29 is 22.5 Å². The quantitative estimate of drug-likeness (QED) is 0.713. The van der Waals surface area contributed by atoms with Crippen LogP contribution in [-0.4, -0.2) is 73.2 Å². The summed E-state index contributed by atoms with van der Waals surface area (Å²) in [6.07, 6.45) is 7.37. The van der Waals surface area contributed by atoms with Crippen molar-refractivity contribution >= 4 is 21.7 Å². The van der Waals surface area contributed by atoms with Crippen LogP contribution < -0.4 is 4.90 Å². The zero-order valence-corrected chi connectivity index (χ0v) is 20.0. The molecule has 0 bridgehead atoms. The summed E-state index contributed by atoms with van der Waals surface area (Å²) < 4.78 is 40.9. The fraction of sp³-hybridized carbons (Fsp3) is 0.583. The lowest BCUT2D eigenvalue weighted by molar-refractivity contribution is -0.840. The van der Waals surface area contributed by atoms with Crippen molar-refractivity contribution in [3.63, 3.8) is 0 Å². The maximum absolute atomic E-state index is 15.0. The molecule has 2 aliphatic carbocycles. The summed E-state index contributed by atoms with van der Waals surface area (Å²) >= 11 is 0. The van der Waals surface area contributed by atoms with Gasteiger partial charge in [0.2, 0.25) is 21.7 Å². The Kier molecular flexibility index (Phi) is 5.81. The standard InChI is InChI=1S/C24H31FN4O3S/c1-16-14-29(33(31,32)15-16)20-5-6-21(22(25)12-20)24(30)28-9-7-27(8-10-28)23-17(2)11-19(13-26-23)18-3-4-18/h5-6,11-13,16,18,21-22H,3-4,7-10,14-15H2,1-2H3/p+1. The Morgan fingerprint density at radius 2 is 1.97 bits per heavy atom. The number of hydrogen-bond acceptors (Lipinski definition) is 4. The highest BCUT2D eigenvalue weighted by Crippen LogP contribution is 2.40. The van der Waals surface area contributed by atoms with Crippen LogP contribution in [0.3, 0.4) is 0 Å². The molecule has 1 amide bonds. The number of carbonyl (C=O) groups is 1. The van der Waals surface area contributed by atoms with Gasteiger partial charge < -0.3 is 4.90 Å². The highest BCUT2D eigenvalue weighted by molar-refractivity contribution is 7.89. The van der Waals surface area contributed by atoms with Gasteiger partial charge in [-0.15, -0.1) is 0 Å². The Morgan fingerprint density at radius 3 is 2.55 bits per heavy atom. The molecule has 5 rings (SSSR count). The van der Waals surface area contributed by atoms with Gasteiger partial charge in [0.1, 0.15) is 19.3 Å². The number of alkyl halides is 1. The fourth-order valence-electron chi connectivity index (χ4n) is 5.23. The molecule has 3 unspecified atom stereocenters. The first-order valence-electron chi connectivity index (χ1n) is 11.9. The van der Waals surface area contributed by atoms with E-state index in [1.807, 2.05) is 13.1 Å². The third-order valence-corrected chi connectivity index (χ3v) is 9.21. The smallest absolute Gasteiger partial charge is 0.235 e. The molecule has 1 aromatic heterocycles. The first-order chi connectivity index (χ1) is 15.7. The number of allylic oxidation sites excluding steroid dienone is 2. The number of amides is 1. The monoisotopic (exact) mass is 475 g/mol. The van der Waals surface area contributed by atoms with E-state index in [2.05, 4.69) is 13.0 Å². The van der Waals surface area contributed by atoms with Gasteiger partial charge in [-0.3, -0.25) is 14.0 Å². The minimum atomic E-state index is -3.41. The van der Waals surface area contributed by atoms with Crippen molar-refractivity contribution in [3.05, 3.63) is 47.3 Å². The van der Waals surface area contributed by atoms with Gasteiger partial charge in [0.25, 0.3) is 0 Å². The number of halogens is 1. The first kappa shape index (κ1) is 22.5. The Balaban J connectivity index is 1.20. The maximum atomic E-state index is 15.0. The van der Waals surface area contributed by atoms with Gasteiger partial charge in [-0.1, -0.05) is 13.0 Å². The Hall–Kier alpha value is -2.26. The van der Waals surface area contributed by atoms with E-state index >= 15 is 0 Å². The molecule has 1 saturated carbocycles. The molecule has 9 heteroatoms. The fourth-order valence-corrected chi connectivity index (χ4v) is 7.16. The molecule has 3 heterocycles. The maximum Gasteiger partial charge on any atom is 0.235 e. The summed E-state index contributed by atoms with van der Waals surface area (Å²) in [6, 6.07) is 2.25. The molecule has 1 aromatic rings. The van der Waals surface area contributed by atoms with Crippen LogP contribution in [0.25, 0.3) is 0 Å². The minimum Gasteiger partial charge on any atom is -0.331 e. The number of quaternary nitrogens is 1. The summed E-state index contributed by atoms with van der Waals surface area (Å²) in [4.78, 5) is 20.8. The summed E-state index contributed by atoms with van der Waals surface area (Å²) in [5.41, 5.74) is 2.85. The number of rotatable bonds is 4. The number of aromatic nitrogens is 1. The van der Waals surface area contributed by atoms with Crippen molar-refractivity contribution in [2.24, 2.45) is 11.8 Å². The molecule has 0 spiro atoms. The molecule has 3 atom stereocenters. The number of nitrogens with zero attached hydrogens (tertiary/aromatic N) is 3. The molecular formula is C24H32FN4O3S+. The lowest BCUT2D eigenvalue weighted by Crippen LogP contribution is -3.10. The van der Waals surface area contributed by atoms with E-state index in [0.29, 0.717) is 31.2 Å². The topological polar surface area (TPSA) is 75.0 Å². The van der Waals surface area contributed by atoms with Gasteiger partial charge in [-0.25, -0.2) is 17.8 Å². The summed E-state index contributed by atoms with van der Waals surface area (Å²) in [6.45, 7) is 6.89. The summed E-state index contributed by atoms with van der Waals surface area (Å²) in [5, 5.41) is 0. The van der Waals surface area contributed by atoms with Gasteiger partial charge >= 0.3 is 0 Å². The average molecular weight is 476 g/mol. The van der Waals surface area contributed by atoms with Crippen molar-refractivity contribution in [3.8, 4) is 0 Å². The normalized spacial score (nSPS) is 29.9. The molecule has 2 saturated heterocycles. The van der Waals surface area contributed by atoms with Crippen LogP contribution in [-0.2, 0) is 14.8 Å². The Labute approximate surface area is 195 Å². The van der Waals surface area contributed by atoms with Crippen molar-refractivity contribution in [2.45, 2.75) is 38.8 Å². The molecular weight excluding hydrogens is 443 g/mol. The first-order valence-corrected chi connectivity index (χ1v) is 13.5. The van der Waals surface area contributed by atoms with Crippen LogP contribution in [0, 0.1) is 18.8 Å². The Morgan fingerprint density at radius 1 is 1.24 bits per heavy atom. The van der Waals surface area contributed by atoms with Crippen LogP contribution in [0.4, 0.5) is 10.2 Å². The second-order valence-corrected chi connectivity index (χ2v) is 11.9. The largest absolute Gasteiger partial charge is 0.331 e. The number of carbonyl (C=O) groups excluding carboxylic acids is 1. The highest BCUT2D eigenvalue weighted by atomic mass is 32.2. The van der Waals surface area contributed by atoms with Crippen LogP contribution >= 0.6 is 0 Å². The average Bonchev–Trinajstić information content (AvgIpc) is 3.58. The molecule has 0 radical (unpaired) electrons. The van der Waals surface area contributed by atoms with Crippen LogP contribution in [0.15, 0.2) is 36.2 Å². The second kappa shape index (κ2) is 8.51. The van der Waals surface area contributed by atoms with Crippen LogP contribution in [0.5, 0.6) is 0 Å². The van der Waals surface area contributed by atoms with E-state index in [0.717, 1.165) is 18.9 Å². The summed E-state index contributed by atoms with van der Waals surface area (Å²) in [7, 11) is -3.41.